The van der Waals surface area contributed by atoms with Gasteiger partial charge in [-0.1, -0.05) is 11.6 Å². The van der Waals surface area contributed by atoms with E-state index in [1.54, 1.807) is 31.2 Å². The van der Waals surface area contributed by atoms with Gasteiger partial charge in [0.05, 0.1) is 22.9 Å². The Morgan fingerprint density at radius 2 is 1.77 bits per heavy atom. The van der Waals surface area contributed by atoms with Crippen LogP contribution in [0.25, 0.3) is 5.69 Å². The minimum absolute atomic E-state index is 0.0358. The summed E-state index contributed by atoms with van der Waals surface area (Å²) in [5.41, 5.74) is 1.34. The summed E-state index contributed by atoms with van der Waals surface area (Å²) in [5.74, 6) is -1.26. The minimum atomic E-state index is -4.98. The number of carbonyl (C=O) groups is 2. The second kappa shape index (κ2) is 11.2. The molecule has 2 aromatic carbocycles. The number of carbonyl (C=O) groups excluding carboxylic acids is 2. The lowest BCUT2D eigenvalue weighted by atomic mass is 9.98. The second-order valence-corrected chi connectivity index (χ2v) is 10.0. The van der Waals surface area contributed by atoms with Crippen molar-refractivity contribution in [2.75, 3.05) is 12.4 Å². The molecule has 212 valence electrons. The van der Waals surface area contributed by atoms with Gasteiger partial charge in [-0.05, 0) is 69.7 Å². The summed E-state index contributed by atoms with van der Waals surface area (Å²) in [6.45, 7) is 5.46. The highest BCUT2D eigenvalue weighted by molar-refractivity contribution is 6.32. The van der Waals surface area contributed by atoms with Crippen LogP contribution in [0.1, 0.15) is 52.7 Å². The lowest BCUT2D eigenvalue weighted by molar-refractivity contribution is -0.274. The molecule has 3 aromatic rings. The van der Waals surface area contributed by atoms with E-state index in [0.29, 0.717) is 22.5 Å². The van der Waals surface area contributed by atoms with E-state index in [1.165, 1.54) is 22.6 Å². The molecule has 4 rings (SSSR count). The first-order valence-corrected chi connectivity index (χ1v) is 12.8. The third-order valence-corrected chi connectivity index (χ3v) is 6.62. The number of halogens is 4. The van der Waals surface area contributed by atoms with Crippen molar-refractivity contribution in [2.24, 2.45) is 0 Å². The maximum atomic E-state index is 13.8. The van der Waals surface area contributed by atoms with Gasteiger partial charge in [-0.3, -0.25) is 14.4 Å². The molecule has 0 saturated carbocycles. The molecule has 1 aromatic heterocycles. The van der Waals surface area contributed by atoms with E-state index in [2.05, 4.69) is 20.4 Å². The quantitative estimate of drug-likeness (QED) is 0.445. The Labute approximate surface area is 232 Å². The van der Waals surface area contributed by atoms with Gasteiger partial charge in [0.1, 0.15) is 5.75 Å². The molecule has 0 spiro atoms. The number of rotatable bonds is 6. The average molecular weight is 578 g/mol. The Hall–Kier alpha value is -4.06. The van der Waals surface area contributed by atoms with Gasteiger partial charge < -0.3 is 20.3 Å². The third-order valence-electron chi connectivity index (χ3n) is 6.31. The van der Waals surface area contributed by atoms with Crippen LogP contribution in [0.4, 0.5) is 19.1 Å². The summed E-state index contributed by atoms with van der Waals surface area (Å²) < 4.78 is 43.7. The van der Waals surface area contributed by atoms with E-state index in [-0.39, 0.29) is 47.0 Å². The van der Waals surface area contributed by atoms with Gasteiger partial charge in [0.25, 0.3) is 17.4 Å². The number of nitrogens with one attached hydrogen (secondary N) is 2. The van der Waals surface area contributed by atoms with Gasteiger partial charge in [0.15, 0.2) is 0 Å². The van der Waals surface area contributed by atoms with Crippen LogP contribution in [0.5, 0.6) is 5.75 Å². The Balaban J connectivity index is 1.72. The molecule has 1 aliphatic rings. The van der Waals surface area contributed by atoms with E-state index in [0.717, 1.165) is 12.1 Å². The lowest BCUT2D eigenvalue weighted by Gasteiger charge is -2.35. The van der Waals surface area contributed by atoms with Crippen LogP contribution in [-0.4, -0.2) is 51.8 Å². The normalized spacial score (nSPS) is 15.0. The van der Waals surface area contributed by atoms with E-state index >= 15 is 0 Å². The lowest BCUT2D eigenvalue weighted by Crippen LogP contribution is -2.46. The first-order valence-electron chi connectivity index (χ1n) is 12.4. The van der Waals surface area contributed by atoms with E-state index in [4.69, 9.17) is 11.6 Å². The largest absolute Gasteiger partial charge is 0.573 e. The Morgan fingerprint density at radius 1 is 1.12 bits per heavy atom. The van der Waals surface area contributed by atoms with Crippen LogP contribution in [0.3, 0.4) is 0 Å². The zero-order chi connectivity index (χ0) is 29.4. The Morgan fingerprint density at radius 3 is 2.38 bits per heavy atom. The third kappa shape index (κ3) is 6.06. The van der Waals surface area contributed by atoms with Crippen molar-refractivity contribution in [1.29, 1.82) is 0 Å². The molecule has 9 nitrogen and oxygen atoms in total. The molecule has 1 aliphatic heterocycles. The number of benzene rings is 2. The van der Waals surface area contributed by atoms with Crippen LogP contribution in [0, 0.1) is 0 Å². The molecule has 2 heterocycles. The molecule has 1 atom stereocenters. The van der Waals surface area contributed by atoms with Gasteiger partial charge in [0.2, 0.25) is 5.95 Å². The second-order valence-electron chi connectivity index (χ2n) is 9.61. The van der Waals surface area contributed by atoms with Crippen molar-refractivity contribution in [3.05, 3.63) is 80.2 Å². The number of fused-ring (bicyclic) bond motifs is 1. The molecule has 0 fully saturated rings. The molecule has 0 saturated heterocycles. The molecule has 0 bridgehead atoms. The van der Waals surface area contributed by atoms with Crippen molar-refractivity contribution in [1.82, 2.24) is 19.8 Å². The van der Waals surface area contributed by atoms with Crippen molar-refractivity contribution < 1.29 is 27.5 Å². The van der Waals surface area contributed by atoms with Crippen LogP contribution < -0.4 is 20.9 Å². The monoisotopic (exact) mass is 577 g/mol. The highest BCUT2D eigenvalue weighted by atomic mass is 35.5. The zero-order valence-corrected chi connectivity index (χ0v) is 22.9. The predicted octanol–water partition coefficient (Wildman–Crippen LogP) is 4.55. The summed E-state index contributed by atoms with van der Waals surface area (Å²) in [6, 6.07) is 9.36. The standard InChI is InChI=1S/C27H27ClF3N5O4/c1-14(2)33-26-34-21-13-35(24(38)17-7-10-20(28)22(12-17)40-27(29,30)31)15(3)11-19(21)25(39)36(26)18-8-5-16(6-9-18)23(37)32-4/h5-10,12,14-15H,11,13H2,1-4H3,(H,32,37)(H,33,34)/t15-/m1/s1. The number of hydrogen-bond acceptors (Lipinski definition) is 6. The molecule has 2 N–H and O–H groups in total. The first kappa shape index (κ1) is 28.9. The number of hydrogen-bond donors (Lipinski definition) is 2. The molecular weight excluding hydrogens is 551 g/mol. The number of nitrogens with zero attached hydrogens (tertiary/aromatic N) is 3. The summed E-state index contributed by atoms with van der Waals surface area (Å²) in [4.78, 5) is 45.2. The average Bonchev–Trinajstić information content (AvgIpc) is 2.88. The number of ether oxygens (including phenoxy) is 1. The highest BCUT2D eigenvalue weighted by Gasteiger charge is 2.34. The van der Waals surface area contributed by atoms with Gasteiger partial charge >= 0.3 is 6.36 Å². The van der Waals surface area contributed by atoms with Crippen molar-refractivity contribution in [3.63, 3.8) is 0 Å². The maximum Gasteiger partial charge on any atom is 0.573 e. The molecule has 40 heavy (non-hydrogen) atoms. The molecule has 13 heteroatoms. The number of amides is 2. The van der Waals surface area contributed by atoms with Crippen LogP contribution in [-0.2, 0) is 13.0 Å². The van der Waals surface area contributed by atoms with Crippen molar-refractivity contribution in [3.8, 4) is 11.4 Å². The molecule has 0 radical (unpaired) electrons. The fraction of sp³-hybridized carbons (Fsp3) is 0.333. The Bertz CT molecular complexity index is 1510. The maximum absolute atomic E-state index is 13.8. The summed E-state index contributed by atoms with van der Waals surface area (Å²) in [6.07, 6.45) is -4.81. The van der Waals surface area contributed by atoms with Gasteiger partial charge in [-0.25, -0.2) is 9.55 Å². The topological polar surface area (TPSA) is 106 Å². The summed E-state index contributed by atoms with van der Waals surface area (Å²) >= 11 is 5.84. The SMILES string of the molecule is CNC(=O)c1ccc(-n2c(NC(C)C)nc3c(c2=O)C[C@@H](C)N(C(=O)c2ccc(Cl)c(OC(F)(F)F)c2)C3)cc1. The van der Waals surface area contributed by atoms with Gasteiger partial charge in [0, 0.05) is 35.8 Å². The fourth-order valence-corrected chi connectivity index (χ4v) is 4.59. The molecule has 0 unspecified atom stereocenters. The van der Waals surface area contributed by atoms with E-state index in [9.17, 15) is 27.6 Å². The summed E-state index contributed by atoms with van der Waals surface area (Å²) in [5, 5.41) is 5.42. The molecule has 2 amide bonds. The summed E-state index contributed by atoms with van der Waals surface area (Å²) in [7, 11) is 1.52. The minimum Gasteiger partial charge on any atom is -0.404 e. The van der Waals surface area contributed by atoms with E-state index in [1.807, 2.05) is 13.8 Å². The van der Waals surface area contributed by atoms with Gasteiger partial charge in [-0.2, -0.15) is 0 Å². The predicted molar refractivity (Wildman–Crippen MR) is 143 cm³/mol. The number of aromatic nitrogens is 2. The highest BCUT2D eigenvalue weighted by Crippen LogP contribution is 2.32. The fourth-order valence-electron chi connectivity index (χ4n) is 4.44. The van der Waals surface area contributed by atoms with Crippen LogP contribution in [0.15, 0.2) is 47.3 Å². The Kier molecular flexibility index (Phi) is 8.10. The first-order chi connectivity index (χ1) is 18.8. The van der Waals surface area contributed by atoms with E-state index < -0.39 is 24.1 Å². The van der Waals surface area contributed by atoms with Gasteiger partial charge in [-0.15, -0.1) is 13.2 Å². The van der Waals surface area contributed by atoms with Crippen LogP contribution >= 0.6 is 11.6 Å². The van der Waals surface area contributed by atoms with Crippen molar-refractivity contribution >= 4 is 29.4 Å². The zero-order valence-electron chi connectivity index (χ0n) is 22.1. The number of alkyl halides is 3. The van der Waals surface area contributed by atoms with Crippen molar-refractivity contribution in [2.45, 2.75) is 52.2 Å². The smallest absolute Gasteiger partial charge is 0.404 e. The molecular formula is C27H27ClF3N5O4. The number of anilines is 1. The molecule has 0 aliphatic carbocycles. The van der Waals surface area contributed by atoms with Crippen LogP contribution in [0.2, 0.25) is 5.02 Å².